The molecule has 4 heteroatoms. The number of hydrogen-bond acceptors (Lipinski definition) is 2. The van der Waals surface area contributed by atoms with Crippen molar-refractivity contribution < 1.29 is 9.59 Å². The molecule has 0 aromatic heterocycles. The summed E-state index contributed by atoms with van der Waals surface area (Å²) in [5, 5.41) is 5.93. The highest BCUT2D eigenvalue weighted by atomic mass is 16.2. The van der Waals surface area contributed by atoms with E-state index in [9.17, 15) is 9.59 Å². The fourth-order valence-corrected chi connectivity index (χ4v) is 3.08. The monoisotopic (exact) mass is 350 g/mol. The van der Waals surface area contributed by atoms with Crippen LogP contribution in [0.15, 0.2) is 54.6 Å². The van der Waals surface area contributed by atoms with Gasteiger partial charge >= 0.3 is 0 Å². The molecule has 0 spiro atoms. The van der Waals surface area contributed by atoms with E-state index in [1.807, 2.05) is 54.6 Å². The molecule has 0 bridgehead atoms. The van der Waals surface area contributed by atoms with Gasteiger partial charge in [0.15, 0.2) is 0 Å². The van der Waals surface area contributed by atoms with Gasteiger partial charge in [0.25, 0.3) is 0 Å². The summed E-state index contributed by atoms with van der Waals surface area (Å²) in [5.41, 5.74) is 2.54. The van der Waals surface area contributed by atoms with E-state index in [4.69, 9.17) is 0 Å². The van der Waals surface area contributed by atoms with Crippen LogP contribution in [0.4, 0.5) is 11.4 Å². The van der Waals surface area contributed by atoms with Crippen molar-refractivity contribution in [3.63, 3.8) is 0 Å². The van der Waals surface area contributed by atoms with E-state index < -0.39 is 0 Å². The van der Waals surface area contributed by atoms with Crippen molar-refractivity contribution in [2.75, 3.05) is 10.6 Å². The smallest absolute Gasteiger partial charge is 0.232 e. The Morgan fingerprint density at radius 1 is 0.962 bits per heavy atom. The summed E-state index contributed by atoms with van der Waals surface area (Å²) in [7, 11) is 0. The molecular formula is C22H26N2O2. The zero-order chi connectivity index (χ0) is 18.5. The maximum absolute atomic E-state index is 12.9. The number of carbonyl (C=O) groups excluding carboxylic acids is 2. The molecule has 2 aromatic rings. The highest BCUT2D eigenvalue weighted by Gasteiger charge is 2.29. The molecule has 0 saturated heterocycles. The zero-order valence-electron chi connectivity index (χ0n) is 15.4. The molecule has 1 fully saturated rings. The van der Waals surface area contributed by atoms with Crippen LogP contribution in [0.25, 0.3) is 0 Å². The molecule has 1 saturated carbocycles. The lowest BCUT2D eigenvalue weighted by Gasteiger charge is -2.23. The van der Waals surface area contributed by atoms with Crippen LogP contribution in [0, 0.1) is 11.8 Å². The fourth-order valence-electron chi connectivity index (χ4n) is 3.08. The molecule has 3 rings (SSSR count). The van der Waals surface area contributed by atoms with Crippen molar-refractivity contribution in [1.82, 2.24) is 0 Å². The van der Waals surface area contributed by atoms with Crippen molar-refractivity contribution >= 4 is 23.2 Å². The normalized spacial score (nSPS) is 15.8. The Morgan fingerprint density at radius 3 is 2.08 bits per heavy atom. The number of hydrogen-bond donors (Lipinski definition) is 2. The topological polar surface area (TPSA) is 58.2 Å². The van der Waals surface area contributed by atoms with Gasteiger partial charge in [-0.3, -0.25) is 9.59 Å². The quantitative estimate of drug-likeness (QED) is 0.753. The van der Waals surface area contributed by atoms with Gasteiger partial charge < -0.3 is 10.6 Å². The summed E-state index contributed by atoms with van der Waals surface area (Å²) in [6.45, 7) is 4.21. The second-order valence-electron chi connectivity index (χ2n) is 7.10. The summed E-state index contributed by atoms with van der Waals surface area (Å²) in [6, 6.07) is 17.2. The summed E-state index contributed by atoms with van der Waals surface area (Å²) in [5.74, 6) is 0.324. The highest BCUT2D eigenvalue weighted by molar-refractivity contribution is 5.97. The van der Waals surface area contributed by atoms with E-state index in [0.717, 1.165) is 36.2 Å². The van der Waals surface area contributed by atoms with Gasteiger partial charge in [0.2, 0.25) is 11.8 Å². The van der Waals surface area contributed by atoms with Gasteiger partial charge in [-0.2, -0.15) is 0 Å². The lowest BCUT2D eigenvalue weighted by molar-refractivity contribution is -0.119. The molecule has 4 nitrogen and oxygen atoms in total. The van der Waals surface area contributed by atoms with E-state index in [1.54, 1.807) is 0 Å². The summed E-state index contributed by atoms with van der Waals surface area (Å²) < 4.78 is 0. The Kier molecular flexibility index (Phi) is 5.71. The maximum atomic E-state index is 12.9. The molecule has 26 heavy (non-hydrogen) atoms. The second-order valence-corrected chi connectivity index (χ2v) is 7.10. The maximum Gasteiger partial charge on any atom is 0.232 e. The second kappa shape index (κ2) is 8.17. The van der Waals surface area contributed by atoms with Crippen molar-refractivity contribution in [3.05, 3.63) is 60.2 Å². The van der Waals surface area contributed by atoms with Gasteiger partial charge in [-0.25, -0.2) is 0 Å². The van der Waals surface area contributed by atoms with Crippen LogP contribution in [-0.4, -0.2) is 11.8 Å². The van der Waals surface area contributed by atoms with Crippen LogP contribution in [0.5, 0.6) is 0 Å². The van der Waals surface area contributed by atoms with E-state index in [0.29, 0.717) is 0 Å². The Balaban J connectivity index is 1.67. The Labute approximate surface area is 155 Å². The third-order valence-corrected chi connectivity index (χ3v) is 5.02. The number of amides is 2. The molecule has 2 N–H and O–H groups in total. The van der Waals surface area contributed by atoms with Gasteiger partial charge in [-0.1, -0.05) is 50.6 Å². The van der Waals surface area contributed by atoms with E-state index in [2.05, 4.69) is 24.5 Å². The minimum absolute atomic E-state index is 0.000293. The van der Waals surface area contributed by atoms with Gasteiger partial charge in [-0.05, 0) is 48.6 Å². The molecule has 1 aliphatic rings. The van der Waals surface area contributed by atoms with Crippen molar-refractivity contribution in [1.29, 1.82) is 0 Å². The fraction of sp³-hybridized carbons (Fsp3) is 0.364. The minimum atomic E-state index is -0.185. The molecular weight excluding hydrogens is 324 g/mol. The molecule has 2 atom stereocenters. The summed E-state index contributed by atoms with van der Waals surface area (Å²) >= 11 is 0. The van der Waals surface area contributed by atoms with Gasteiger partial charge in [0.1, 0.15) is 0 Å². The number of nitrogens with one attached hydrogen (secondary N) is 2. The van der Waals surface area contributed by atoms with Crippen molar-refractivity contribution in [2.45, 2.75) is 39.0 Å². The number of benzene rings is 2. The Hall–Kier alpha value is -2.62. The molecule has 1 aliphatic carbocycles. The van der Waals surface area contributed by atoms with Crippen LogP contribution in [0.3, 0.4) is 0 Å². The Bertz CT molecular complexity index is 751. The SMILES string of the molecule is CCC(C)C(C(=O)Nc1ccc(NC(=O)C2CC2)cc1)c1ccccc1. The lowest BCUT2D eigenvalue weighted by Crippen LogP contribution is -2.26. The van der Waals surface area contributed by atoms with Crippen LogP contribution in [0.1, 0.15) is 44.6 Å². The number of rotatable bonds is 7. The predicted octanol–water partition coefficient (Wildman–Crippen LogP) is 4.80. The molecule has 0 heterocycles. The molecule has 0 aliphatic heterocycles. The summed E-state index contributed by atoms with van der Waals surface area (Å²) in [4.78, 5) is 24.7. The standard InChI is InChI=1S/C22H26N2O2/c1-3-15(2)20(16-7-5-4-6-8-16)22(26)24-19-13-11-18(12-14-19)23-21(25)17-9-10-17/h4-8,11-15,17,20H,3,9-10H2,1-2H3,(H,23,25)(H,24,26). The van der Waals surface area contributed by atoms with E-state index >= 15 is 0 Å². The van der Waals surface area contributed by atoms with Crippen LogP contribution < -0.4 is 10.6 Å². The van der Waals surface area contributed by atoms with Crippen molar-refractivity contribution in [3.8, 4) is 0 Å². The third-order valence-electron chi connectivity index (χ3n) is 5.02. The number of carbonyl (C=O) groups is 2. The third kappa shape index (κ3) is 4.51. The first-order chi connectivity index (χ1) is 12.6. The van der Waals surface area contributed by atoms with Crippen molar-refractivity contribution in [2.24, 2.45) is 11.8 Å². The molecule has 136 valence electrons. The Morgan fingerprint density at radius 2 is 1.54 bits per heavy atom. The first-order valence-corrected chi connectivity index (χ1v) is 9.35. The zero-order valence-corrected chi connectivity index (χ0v) is 15.4. The first-order valence-electron chi connectivity index (χ1n) is 9.35. The lowest BCUT2D eigenvalue weighted by atomic mass is 9.85. The average molecular weight is 350 g/mol. The van der Waals surface area contributed by atoms with Gasteiger partial charge in [0.05, 0.1) is 5.92 Å². The largest absolute Gasteiger partial charge is 0.326 e. The molecule has 2 unspecified atom stereocenters. The van der Waals surface area contributed by atoms with Gasteiger partial charge in [-0.15, -0.1) is 0 Å². The molecule has 2 amide bonds. The first kappa shape index (κ1) is 18.2. The predicted molar refractivity (Wildman–Crippen MR) is 105 cm³/mol. The molecule has 2 aromatic carbocycles. The van der Waals surface area contributed by atoms with E-state index in [1.165, 1.54) is 0 Å². The van der Waals surface area contributed by atoms with E-state index in [-0.39, 0.29) is 29.6 Å². The number of anilines is 2. The van der Waals surface area contributed by atoms with Crippen LogP contribution in [-0.2, 0) is 9.59 Å². The average Bonchev–Trinajstić information content (AvgIpc) is 3.49. The van der Waals surface area contributed by atoms with Crippen LogP contribution in [0.2, 0.25) is 0 Å². The molecule has 0 radical (unpaired) electrons. The highest BCUT2D eigenvalue weighted by Crippen LogP contribution is 2.31. The summed E-state index contributed by atoms with van der Waals surface area (Å²) in [6.07, 6.45) is 2.89. The van der Waals surface area contributed by atoms with Gasteiger partial charge in [0, 0.05) is 17.3 Å². The minimum Gasteiger partial charge on any atom is -0.326 e. The van der Waals surface area contributed by atoms with Crippen LogP contribution >= 0.6 is 0 Å².